The van der Waals surface area contributed by atoms with Gasteiger partial charge in [-0.05, 0) is 6.42 Å². The fraction of sp³-hybridized carbons (Fsp3) is 0.700. The number of methoxy groups -OCH3 is 1. The molecule has 1 saturated heterocycles. The van der Waals surface area contributed by atoms with Crippen molar-refractivity contribution >= 4 is 17.7 Å². The first-order valence-corrected chi connectivity index (χ1v) is 5.22. The zero-order valence-corrected chi connectivity index (χ0v) is 9.49. The molecule has 6 nitrogen and oxygen atoms in total. The Kier molecular flexibility index (Phi) is 4.42. The van der Waals surface area contributed by atoms with Crippen LogP contribution in [0, 0.1) is 0 Å². The van der Waals surface area contributed by atoms with Gasteiger partial charge in [0.1, 0.15) is 12.6 Å². The number of hydrogen-bond acceptors (Lipinski definition) is 4. The van der Waals surface area contributed by atoms with E-state index in [1.807, 2.05) is 0 Å². The number of nitrogens with zero attached hydrogens (tertiary/aromatic N) is 1. The van der Waals surface area contributed by atoms with Gasteiger partial charge >= 0.3 is 0 Å². The van der Waals surface area contributed by atoms with Crippen molar-refractivity contribution in [2.45, 2.75) is 25.8 Å². The molecule has 0 spiro atoms. The third kappa shape index (κ3) is 2.79. The predicted molar refractivity (Wildman–Crippen MR) is 55.4 cm³/mol. The summed E-state index contributed by atoms with van der Waals surface area (Å²) in [4.78, 5) is 35.7. The Morgan fingerprint density at radius 2 is 2.25 bits per heavy atom. The minimum atomic E-state index is -0.540. The van der Waals surface area contributed by atoms with E-state index in [0.29, 0.717) is 13.0 Å². The van der Waals surface area contributed by atoms with E-state index in [2.05, 4.69) is 5.32 Å². The summed E-state index contributed by atoms with van der Waals surface area (Å²) in [5.41, 5.74) is 0. The van der Waals surface area contributed by atoms with E-state index in [4.69, 9.17) is 4.74 Å². The molecule has 0 aromatic heterocycles. The minimum absolute atomic E-state index is 0.0488. The molecule has 1 heterocycles. The number of piperazine rings is 1. The molecule has 1 aliphatic heterocycles. The molecular weight excluding hydrogens is 212 g/mol. The molecule has 0 radical (unpaired) electrons. The van der Waals surface area contributed by atoms with Crippen molar-refractivity contribution in [1.82, 2.24) is 10.2 Å². The molecule has 0 aliphatic carbocycles. The van der Waals surface area contributed by atoms with E-state index in [9.17, 15) is 14.4 Å². The molecule has 1 N–H and O–H groups in total. The van der Waals surface area contributed by atoms with Gasteiger partial charge < -0.3 is 9.64 Å². The fourth-order valence-corrected chi connectivity index (χ4v) is 1.67. The summed E-state index contributed by atoms with van der Waals surface area (Å²) >= 11 is 0. The Bertz CT molecular complexity index is 303. The maximum atomic E-state index is 11.7. The number of carbonyl (C=O) groups is 3. The van der Waals surface area contributed by atoms with Gasteiger partial charge in [0.2, 0.25) is 17.7 Å². The SMILES string of the molecule is CCC1C(=O)NC(=O)CN1C(=O)CCOC. The van der Waals surface area contributed by atoms with Crippen LogP contribution in [0.3, 0.4) is 0 Å². The second-order valence-electron chi connectivity index (χ2n) is 3.60. The van der Waals surface area contributed by atoms with E-state index >= 15 is 0 Å². The Balaban J connectivity index is 2.70. The summed E-state index contributed by atoms with van der Waals surface area (Å²) in [6.45, 7) is 2.05. The maximum absolute atomic E-state index is 11.7. The third-order valence-corrected chi connectivity index (χ3v) is 2.48. The molecule has 0 aromatic carbocycles. The molecule has 1 fully saturated rings. The minimum Gasteiger partial charge on any atom is -0.384 e. The number of hydrogen-bond donors (Lipinski definition) is 1. The van der Waals surface area contributed by atoms with Gasteiger partial charge in [0.05, 0.1) is 13.0 Å². The lowest BCUT2D eigenvalue weighted by Gasteiger charge is -2.33. The van der Waals surface area contributed by atoms with Crippen molar-refractivity contribution in [2.75, 3.05) is 20.3 Å². The van der Waals surface area contributed by atoms with Crippen LogP contribution >= 0.6 is 0 Å². The topological polar surface area (TPSA) is 75.7 Å². The summed E-state index contributed by atoms with van der Waals surface area (Å²) in [6, 6.07) is -0.540. The summed E-state index contributed by atoms with van der Waals surface area (Å²) in [5, 5.41) is 2.22. The van der Waals surface area contributed by atoms with E-state index in [1.54, 1.807) is 6.92 Å². The molecule has 0 saturated carbocycles. The van der Waals surface area contributed by atoms with Crippen molar-refractivity contribution in [3.8, 4) is 0 Å². The summed E-state index contributed by atoms with van der Waals surface area (Å²) in [6.07, 6.45) is 0.686. The molecular formula is C10H16N2O4. The molecule has 1 aliphatic rings. The van der Waals surface area contributed by atoms with Crippen LogP contribution in [-0.4, -0.2) is 48.9 Å². The van der Waals surface area contributed by atoms with E-state index < -0.39 is 17.9 Å². The van der Waals surface area contributed by atoms with Gasteiger partial charge in [-0.2, -0.15) is 0 Å². The number of imide groups is 1. The van der Waals surface area contributed by atoms with Crippen LogP contribution in [0.25, 0.3) is 0 Å². The summed E-state index contributed by atoms with van der Waals surface area (Å²) in [7, 11) is 1.50. The van der Waals surface area contributed by atoms with Gasteiger partial charge in [-0.3, -0.25) is 19.7 Å². The van der Waals surface area contributed by atoms with Gasteiger partial charge in [-0.25, -0.2) is 0 Å². The molecule has 1 rings (SSSR count). The number of carbonyl (C=O) groups excluding carboxylic acids is 3. The van der Waals surface area contributed by atoms with Crippen LogP contribution in [0.1, 0.15) is 19.8 Å². The Hall–Kier alpha value is -1.43. The lowest BCUT2D eigenvalue weighted by Crippen LogP contribution is -2.59. The first kappa shape index (κ1) is 12.6. The first-order valence-electron chi connectivity index (χ1n) is 5.22. The molecule has 0 aromatic rings. The molecule has 16 heavy (non-hydrogen) atoms. The summed E-state index contributed by atoms with van der Waals surface area (Å²) in [5.74, 6) is -1.05. The molecule has 6 heteroatoms. The second kappa shape index (κ2) is 5.60. The number of ether oxygens (including phenoxy) is 1. The van der Waals surface area contributed by atoms with Crippen LogP contribution in [0.5, 0.6) is 0 Å². The molecule has 90 valence electrons. The van der Waals surface area contributed by atoms with Crippen LogP contribution in [-0.2, 0) is 19.1 Å². The van der Waals surface area contributed by atoms with Gasteiger partial charge in [0, 0.05) is 7.11 Å². The molecule has 0 bridgehead atoms. The van der Waals surface area contributed by atoms with Crippen LogP contribution < -0.4 is 5.32 Å². The lowest BCUT2D eigenvalue weighted by molar-refractivity contribution is -0.150. The van der Waals surface area contributed by atoms with Gasteiger partial charge in [-0.15, -0.1) is 0 Å². The number of amides is 3. The predicted octanol–water partition coefficient (Wildman–Crippen LogP) is -0.713. The quantitative estimate of drug-likeness (QED) is 0.645. The number of rotatable bonds is 4. The van der Waals surface area contributed by atoms with E-state index in [-0.39, 0.29) is 18.9 Å². The number of nitrogens with one attached hydrogen (secondary N) is 1. The normalized spacial score (nSPS) is 20.9. The van der Waals surface area contributed by atoms with Crippen LogP contribution in [0.2, 0.25) is 0 Å². The average molecular weight is 228 g/mol. The zero-order valence-electron chi connectivity index (χ0n) is 9.49. The van der Waals surface area contributed by atoms with Crippen molar-refractivity contribution in [3.05, 3.63) is 0 Å². The smallest absolute Gasteiger partial charge is 0.249 e. The Morgan fingerprint density at radius 1 is 1.56 bits per heavy atom. The average Bonchev–Trinajstić information content (AvgIpc) is 2.24. The molecule has 1 atom stereocenters. The zero-order chi connectivity index (χ0) is 12.1. The monoisotopic (exact) mass is 228 g/mol. The highest BCUT2D eigenvalue weighted by molar-refractivity contribution is 6.04. The van der Waals surface area contributed by atoms with Crippen molar-refractivity contribution in [3.63, 3.8) is 0 Å². The Morgan fingerprint density at radius 3 is 2.81 bits per heavy atom. The lowest BCUT2D eigenvalue weighted by atomic mass is 10.1. The van der Waals surface area contributed by atoms with Crippen molar-refractivity contribution < 1.29 is 19.1 Å². The fourth-order valence-electron chi connectivity index (χ4n) is 1.67. The van der Waals surface area contributed by atoms with E-state index in [1.165, 1.54) is 12.0 Å². The standard InChI is InChI=1S/C10H16N2O4/c1-3-7-10(15)11-8(13)6-12(7)9(14)4-5-16-2/h7H,3-6H2,1-2H3,(H,11,13,15). The Labute approximate surface area is 93.9 Å². The third-order valence-electron chi connectivity index (χ3n) is 2.48. The second-order valence-corrected chi connectivity index (χ2v) is 3.60. The largest absolute Gasteiger partial charge is 0.384 e. The highest BCUT2D eigenvalue weighted by Crippen LogP contribution is 2.10. The highest BCUT2D eigenvalue weighted by Gasteiger charge is 2.34. The molecule has 1 unspecified atom stereocenters. The van der Waals surface area contributed by atoms with Gasteiger partial charge in [0.15, 0.2) is 0 Å². The van der Waals surface area contributed by atoms with Gasteiger partial charge in [0.25, 0.3) is 0 Å². The van der Waals surface area contributed by atoms with Crippen LogP contribution in [0.15, 0.2) is 0 Å². The summed E-state index contributed by atoms with van der Waals surface area (Å²) < 4.78 is 4.79. The van der Waals surface area contributed by atoms with Gasteiger partial charge in [-0.1, -0.05) is 6.92 Å². The van der Waals surface area contributed by atoms with Crippen molar-refractivity contribution in [2.24, 2.45) is 0 Å². The van der Waals surface area contributed by atoms with Crippen LogP contribution in [0.4, 0.5) is 0 Å². The van der Waals surface area contributed by atoms with E-state index in [0.717, 1.165) is 0 Å². The van der Waals surface area contributed by atoms with Crippen molar-refractivity contribution in [1.29, 1.82) is 0 Å². The molecule has 3 amide bonds. The highest BCUT2D eigenvalue weighted by atomic mass is 16.5. The maximum Gasteiger partial charge on any atom is 0.249 e. The first-order chi connectivity index (χ1) is 7.60.